The molecule has 116 valence electrons. The quantitative estimate of drug-likeness (QED) is 0.583. The normalized spacial score (nSPS) is 10.9. The van der Waals surface area contributed by atoms with Crippen molar-refractivity contribution in [3.63, 3.8) is 0 Å². The van der Waals surface area contributed by atoms with Crippen molar-refractivity contribution in [1.29, 1.82) is 0 Å². The van der Waals surface area contributed by atoms with Crippen LogP contribution in [0.2, 0.25) is 0 Å². The number of benzene rings is 2. The molecule has 0 atom stereocenters. The molecule has 0 aliphatic heterocycles. The van der Waals surface area contributed by atoms with E-state index in [2.05, 4.69) is 5.32 Å². The van der Waals surface area contributed by atoms with Crippen LogP contribution in [0.3, 0.4) is 0 Å². The second-order valence-electron chi connectivity index (χ2n) is 5.45. The van der Waals surface area contributed by atoms with Gasteiger partial charge in [-0.15, -0.1) is 0 Å². The van der Waals surface area contributed by atoms with Crippen LogP contribution in [-0.2, 0) is 0 Å². The summed E-state index contributed by atoms with van der Waals surface area (Å²) in [5.41, 5.74) is 2.14. The van der Waals surface area contributed by atoms with Gasteiger partial charge in [-0.25, -0.2) is 0 Å². The minimum atomic E-state index is -0.191. The zero-order chi connectivity index (χ0) is 16.7. The number of anilines is 1. The second kappa shape index (κ2) is 5.35. The Hall–Kier alpha value is -2.95. The Kier molecular flexibility index (Phi) is 3.48. The number of Topliss-reactive ketones (excluding diaryl/α,β-unsaturated/α-hetero) is 1. The van der Waals surface area contributed by atoms with E-state index in [1.807, 2.05) is 0 Å². The lowest BCUT2D eigenvalue weighted by Gasteiger charge is -2.13. The highest BCUT2D eigenvalue weighted by Crippen LogP contribution is 2.23. The van der Waals surface area contributed by atoms with Crippen molar-refractivity contribution in [2.45, 2.75) is 13.8 Å². The summed E-state index contributed by atoms with van der Waals surface area (Å²) in [7, 11) is 1.78. The number of fused-ring (bicyclic) bond motifs is 2. The molecule has 3 rings (SSSR count). The first-order valence-electron chi connectivity index (χ1n) is 7.26. The van der Waals surface area contributed by atoms with E-state index in [4.69, 9.17) is 0 Å². The van der Waals surface area contributed by atoms with Gasteiger partial charge in [0, 0.05) is 36.0 Å². The Morgan fingerprint density at radius 2 is 1.70 bits per heavy atom. The molecule has 2 aromatic carbocycles. The standard InChI is InChI=1S/C18H16N2O3/c1-10(21)12-4-7-16-15(8-12)18(23)14-6-5-13(19-3)9-17(14)20(16)11(2)22/h4-9,19H,1-3H3. The van der Waals surface area contributed by atoms with Crippen LogP contribution in [0.4, 0.5) is 5.69 Å². The van der Waals surface area contributed by atoms with Crippen LogP contribution < -0.4 is 10.7 Å². The van der Waals surface area contributed by atoms with Crippen LogP contribution in [0.5, 0.6) is 0 Å². The van der Waals surface area contributed by atoms with Crippen LogP contribution >= 0.6 is 0 Å². The van der Waals surface area contributed by atoms with E-state index in [0.29, 0.717) is 27.4 Å². The first-order chi connectivity index (χ1) is 10.9. The number of hydrogen-bond acceptors (Lipinski definition) is 4. The first kappa shape index (κ1) is 15.0. The molecule has 0 saturated carbocycles. The van der Waals surface area contributed by atoms with E-state index in [1.165, 1.54) is 18.4 Å². The molecule has 5 heteroatoms. The van der Waals surface area contributed by atoms with Crippen molar-refractivity contribution in [2.24, 2.45) is 0 Å². The highest BCUT2D eigenvalue weighted by atomic mass is 16.2. The Bertz CT molecular complexity index is 1030. The minimum Gasteiger partial charge on any atom is -0.388 e. The van der Waals surface area contributed by atoms with Crippen molar-refractivity contribution in [1.82, 2.24) is 4.57 Å². The minimum absolute atomic E-state index is 0.119. The average Bonchev–Trinajstić information content (AvgIpc) is 2.53. The third-order valence-electron chi connectivity index (χ3n) is 3.98. The zero-order valence-corrected chi connectivity index (χ0v) is 13.1. The fourth-order valence-electron chi connectivity index (χ4n) is 2.81. The summed E-state index contributed by atoms with van der Waals surface area (Å²) < 4.78 is 1.51. The molecule has 1 heterocycles. The number of ketones is 1. The van der Waals surface area contributed by atoms with Gasteiger partial charge in [0.2, 0.25) is 5.91 Å². The van der Waals surface area contributed by atoms with Crippen LogP contribution in [0.15, 0.2) is 41.2 Å². The van der Waals surface area contributed by atoms with Gasteiger partial charge in [-0.1, -0.05) is 0 Å². The average molecular weight is 308 g/mol. The Balaban J connectivity index is 2.57. The third kappa shape index (κ3) is 2.30. The summed E-state index contributed by atoms with van der Waals surface area (Å²) >= 11 is 0. The van der Waals surface area contributed by atoms with Gasteiger partial charge in [0.05, 0.1) is 11.0 Å². The maximum atomic E-state index is 12.8. The van der Waals surface area contributed by atoms with Crippen LogP contribution in [0.25, 0.3) is 21.8 Å². The lowest BCUT2D eigenvalue weighted by atomic mass is 10.0. The predicted molar refractivity (Wildman–Crippen MR) is 91.6 cm³/mol. The summed E-state index contributed by atoms with van der Waals surface area (Å²) in [5.74, 6) is -0.310. The van der Waals surface area contributed by atoms with E-state index in [1.54, 1.807) is 43.4 Å². The lowest BCUT2D eigenvalue weighted by Crippen LogP contribution is -2.16. The van der Waals surface area contributed by atoms with E-state index in [9.17, 15) is 14.4 Å². The topological polar surface area (TPSA) is 68.2 Å². The Morgan fingerprint density at radius 3 is 2.30 bits per heavy atom. The van der Waals surface area contributed by atoms with Crippen LogP contribution in [-0.4, -0.2) is 23.3 Å². The van der Waals surface area contributed by atoms with Crippen molar-refractivity contribution >= 4 is 39.2 Å². The van der Waals surface area contributed by atoms with Crippen molar-refractivity contribution < 1.29 is 9.59 Å². The number of aromatic nitrogens is 1. The number of nitrogens with one attached hydrogen (secondary N) is 1. The van der Waals surface area contributed by atoms with Gasteiger partial charge in [-0.05, 0) is 43.3 Å². The summed E-state index contributed by atoms with van der Waals surface area (Å²) in [6.45, 7) is 2.90. The maximum Gasteiger partial charge on any atom is 0.228 e. The number of rotatable bonds is 2. The van der Waals surface area contributed by atoms with E-state index in [-0.39, 0.29) is 17.1 Å². The predicted octanol–water partition coefficient (Wildman–Crippen LogP) is 3.06. The van der Waals surface area contributed by atoms with Gasteiger partial charge < -0.3 is 5.32 Å². The van der Waals surface area contributed by atoms with Gasteiger partial charge in [-0.3, -0.25) is 19.0 Å². The zero-order valence-electron chi connectivity index (χ0n) is 13.1. The fourth-order valence-corrected chi connectivity index (χ4v) is 2.81. The highest BCUT2D eigenvalue weighted by molar-refractivity contribution is 6.05. The summed E-state index contributed by atoms with van der Waals surface area (Å²) in [6, 6.07) is 10.1. The number of hydrogen-bond donors (Lipinski definition) is 1. The second-order valence-corrected chi connectivity index (χ2v) is 5.45. The maximum absolute atomic E-state index is 12.8. The lowest BCUT2D eigenvalue weighted by molar-refractivity contribution is 0.0945. The molecule has 0 amide bonds. The highest BCUT2D eigenvalue weighted by Gasteiger charge is 2.15. The Labute approximate surface area is 132 Å². The van der Waals surface area contributed by atoms with Crippen LogP contribution in [0, 0.1) is 0 Å². The summed E-state index contributed by atoms with van der Waals surface area (Å²) in [5, 5.41) is 3.83. The number of carbonyl (C=O) groups excluding carboxylic acids is 2. The number of pyridine rings is 1. The summed E-state index contributed by atoms with van der Waals surface area (Å²) in [6.07, 6.45) is 0. The van der Waals surface area contributed by atoms with E-state index < -0.39 is 0 Å². The molecule has 23 heavy (non-hydrogen) atoms. The molecule has 0 bridgehead atoms. The Morgan fingerprint density at radius 1 is 0.957 bits per heavy atom. The third-order valence-corrected chi connectivity index (χ3v) is 3.98. The molecule has 3 aromatic rings. The number of carbonyl (C=O) groups is 2. The summed E-state index contributed by atoms with van der Waals surface area (Å²) in [4.78, 5) is 36.5. The molecule has 0 radical (unpaired) electrons. The monoisotopic (exact) mass is 308 g/mol. The number of nitrogens with zero attached hydrogens (tertiary/aromatic N) is 1. The van der Waals surface area contributed by atoms with E-state index >= 15 is 0 Å². The van der Waals surface area contributed by atoms with Crippen molar-refractivity contribution in [2.75, 3.05) is 12.4 Å². The van der Waals surface area contributed by atoms with Crippen molar-refractivity contribution in [3.8, 4) is 0 Å². The first-order valence-corrected chi connectivity index (χ1v) is 7.26. The van der Waals surface area contributed by atoms with Gasteiger partial charge in [0.25, 0.3) is 0 Å². The van der Waals surface area contributed by atoms with Crippen LogP contribution in [0.1, 0.15) is 29.0 Å². The molecule has 0 saturated heterocycles. The molecule has 0 unspecified atom stereocenters. The van der Waals surface area contributed by atoms with Gasteiger partial charge in [-0.2, -0.15) is 0 Å². The molecular formula is C18H16N2O3. The molecule has 0 spiro atoms. The smallest absolute Gasteiger partial charge is 0.228 e. The molecule has 1 N–H and O–H groups in total. The molecule has 5 nitrogen and oxygen atoms in total. The van der Waals surface area contributed by atoms with Gasteiger partial charge in [0.1, 0.15) is 0 Å². The molecule has 1 aromatic heterocycles. The van der Waals surface area contributed by atoms with Gasteiger partial charge >= 0.3 is 0 Å². The van der Waals surface area contributed by atoms with Crippen molar-refractivity contribution in [3.05, 3.63) is 52.2 Å². The molecule has 0 aliphatic rings. The van der Waals surface area contributed by atoms with Gasteiger partial charge in [0.15, 0.2) is 11.2 Å². The van der Waals surface area contributed by atoms with E-state index in [0.717, 1.165) is 5.69 Å². The molecule has 0 aliphatic carbocycles. The fraction of sp³-hybridized carbons (Fsp3) is 0.167. The molecule has 0 fully saturated rings. The molecular weight excluding hydrogens is 292 g/mol. The largest absolute Gasteiger partial charge is 0.388 e. The SMILES string of the molecule is CNc1ccc2c(=O)c3cc(C(C)=O)ccc3n(C(C)=O)c2c1.